The van der Waals surface area contributed by atoms with Crippen molar-refractivity contribution in [2.75, 3.05) is 19.5 Å². The molecule has 7 nitrogen and oxygen atoms in total. The van der Waals surface area contributed by atoms with E-state index in [0.29, 0.717) is 29.2 Å². The molecule has 1 atom stereocenters. The van der Waals surface area contributed by atoms with Gasteiger partial charge in [-0.25, -0.2) is 13.1 Å². The molecular weight excluding hydrogens is 368 g/mol. The molecule has 0 saturated carbocycles. The van der Waals surface area contributed by atoms with E-state index in [9.17, 15) is 13.2 Å². The van der Waals surface area contributed by atoms with Gasteiger partial charge in [0, 0.05) is 23.4 Å². The number of hydrogen-bond acceptors (Lipinski definition) is 5. The van der Waals surface area contributed by atoms with Crippen LogP contribution in [-0.2, 0) is 10.0 Å². The van der Waals surface area contributed by atoms with E-state index in [1.54, 1.807) is 37.3 Å². The largest absolute Gasteiger partial charge is 0.497 e. The number of anilines is 1. The lowest BCUT2D eigenvalue weighted by atomic mass is 10.2. The number of benzene rings is 2. The van der Waals surface area contributed by atoms with Crippen LogP contribution in [0.25, 0.3) is 0 Å². The minimum Gasteiger partial charge on any atom is -0.497 e. The molecule has 1 amide bonds. The molecule has 0 aliphatic rings. The Morgan fingerprint density at radius 2 is 1.59 bits per heavy atom. The third kappa shape index (κ3) is 5.45. The molecule has 2 aromatic rings. The molecule has 0 fully saturated rings. The minimum atomic E-state index is -3.58. The molecule has 0 heterocycles. The van der Waals surface area contributed by atoms with Gasteiger partial charge in [-0.3, -0.25) is 4.79 Å². The molecule has 0 unspecified atom stereocenters. The number of carbonyl (C=O) groups is 1. The lowest BCUT2D eigenvalue weighted by Gasteiger charge is -2.13. The van der Waals surface area contributed by atoms with E-state index in [0.717, 1.165) is 0 Å². The van der Waals surface area contributed by atoms with Crippen molar-refractivity contribution in [2.45, 2.75) is 31.2 Å². The number of methoxy groups -OCH3 is 2. The Balaban J connectivity index is 2.16. The van der Waals surface area contributed by atoms with Crippen LogP contribution in [0.15, 0.2) is 47.4 Å². The Morgan fingerprint density at radius 3 is 2.07 bits per heavy atom. The van der Waals surface area contributed by atoms with Crippen molar-refractivity contribution in [3.05, 3.63) is 48.0 Å². The Morgan fingerprint density at radius 1 is 1.04 bits per heavy atom. The van der Waals surface area contributed by atoms with Crippen LogP contribution in [0.4, 0.5) is 5.69 Å². The fraction of sp³-hybridized carbons (Fsp3) is 0.316. The van der Waals surface area contributed by atoms with Crippen LogP contribution in [0.5, 0.6) is 11.5 Å². The van der Waals surface area contributed by atoms with Gasteiger partial charge in [0.25, 0.3) is 5.91 Å². The van der Waals surface area contributed by atoms with E-state index >= 15 is 0 Å². The highest BCUT2D eigenvalue weighted by molar-refractivity contribution is 7.89. The second kappa shape index (κ2) is 8.88. The lowest BCUT2D eigenvalue weighted by Crippen LogP contribution is -2.31. The summed E-state index contributed by atoms with van der Waals surface area (Å²) in [4.78, 5) is 12.6. The summed E-state index contributed by atoms with van der Waals surface area (Å²) in [6.07, 6.45) is 0.692. The first-order chi connectivity index (χ1) is 12.8. The quantitative estimate of drug-likeness (QED) is 0.720. The average Bonchev–Trinajstić information content (AvgIpc) is 2.67. The molecule has 0 spiro atoms. The van der Waals surface area contributed by atoms with Crippen molar-refractivity contribution in [3.63, 3.8) is 0 Å². The molecular formula is C19H24N2O5S. The van der Waals surface area contributed by atoms with Crippen LogP contribution in [0.2, 0.25) is 0 Å². The summed E-state index contributed by atoms with van der Waals surface area (Å²) >= 11 is 0. The zero-order chi connectivity index (χ0) is 20.0. The number of sulfonamides is 1. The number of hydrogen-bond donors (Lipinski definition) is 2. The monoisotopic (exact) mass is 392 g/mol. The van der Waals surface area contributed by atoms with Gasteiger partial charge in [0.2, 0.25) is 10.0 Å². The van der Waals surface area contributed by atoms with Crippen molar-refractivity contribution < 1.29 is 22.7 Å². The number of amides is 1. The SMILES string of the molecule is CC[C@@H](C)NS(=O)(=O)c1ccc(NC(=O)c2cc(OC)cc(OC)c2)cc1. The summed E-state index contributed by atoms with van der Waals surface area (Å²) in [5, 5.41) is 2.73. The number of ether oxygens (including phenoxy) is 2. The van der Waals surface area contributed by atoms with Gasteiger partial charge in [-0.15, -0.1) is 0 Å². The molecule has 0 saturated heterocycles. The standard InChI is InChI=1S/C19H24N2O5S/c1-5-13(2)21-27(23,24)18-8-6-15(7-9-18)20-19(22)14-10-16(25-3)12-17(11-14)26-4/h6-13,21H,5H2,1-4H3,(H,20,22)/t13-/m1/s1. The number of rotatable bonds is 8. The maximum absolute atomic E-state index is 12.5. The van der Waals surface area contributed by atoms with E-state index in [1.165, 1.54) is 26.4 Å². The smallest absolute Gasteiger partial charge is 0.255 e. The Hall–Kier alpha value is -2.58. The Bertz CT molecular complexity index is 873. The number of carbonyl (C=O) groups excluding carboxylic acids is 1. The van der Waals surface area contributed by atoms with Crippen LogP contribution < -0.4 is 19.5 Å². The van der Waals surface area contributed by atoms with Crippen LogP contribution in [0, 0.1) is 0 Å². The first-order valence-corrected chi connectivity index (χ1v) is 9.94. The van der Waals surface area contributed by atoms with Crippen molar-refractivity contribution >= 4 is 21.6 Å². The first-order valence-electron chi connectivity index (χ1n) is 8.46. The van der Waals surface area contributed by atoms with E-state index < -0.39 is 10.0 Å². The van der Waals surface area contributed by atoms with E-state index in [-0.39, 0.29) is 16.8 Å². The van der Waals surface area contributed by atoms with Gasteiger partial charge in [0.05, 0.1) is 19.1 Å². The normalized spacial score (nSPS) is 12.3. The molecule has 2 rings (SSSR count). The molecule has 0 aliphatic heterocycles. The summed E-state index contributed by atoms with van der Waals surface area (Å²) in [5.74, 6) is 0.634. The third-order valence-electron chi connectivity index (χ3n) is 4.00. The molecule has 0 aromatic heterocycles. The Kier molecular flexibility index (Phi) is 6.81. The van der Waals surface area contributed by atoms with Crippen molar-refractivity contribution in [2.24, 2.45) is 0 Å². The molecule has 0 radical (unpaired) electrons. The molecule has 2 aromatic carbocycles. The Labute approximate surface area is 159 Å². The minimum absolute atomic E-state index is 0.142. The molecule has 0 aliphatic carbocycles. The summed E-state index contributed by atoms with van der Waals surface area (Å²) in [7, 11) is -0.577. The fourth-order valence-corrected chi connectivity index (χ4v) is 3.60. The van der Waals surface area contributed by atoms with Gasteiger partial charge in [-0.1, -0.05) is 6.92 Å². The van der Waals surface area contributed by atoms with Crippen LogP contribution in [-0.4, -0.2) is 34.6 Å². The van der Waals surface area contributed by atoms with Gasteiger partial charge < -0.3 is 14.8 Å². The summed E-state index contributed by atoms with van der Waals surface area (Å²) in [6.45, 7) is 3.70. The van der Waals surface area contributed by atoms with E-state index in [2.05, 4.69) is 10.0 Å². The van der Waals surface area contributed by atoms with Crippen LogP contribution in [0.1, 0.15) is 30.6 Å². The van der Waals surface area contributed by atoms with E-state index in [4.69, 9.17) is 9.47 Å². The summed E-state index contributed by atoms with van der Waals surface area (Å²) in [6, 6.07) is 10.7. The van der Waals surface area contributed by atoms with Gasteiger partial charge in [0.1, 0.15) is 11.5 Å². The molecule has 2 N–H and O–H groups in total. The van der Waals surface area contributed by atoms with Crippen LogP contribution in [0.3, 0.4) is 0 Å². The molecule has 27 heavy (non-hydrogen) atoms. The second-order valence-corrected chi connectivity index (χ2v) is 7.72. The summed E-state index contributed by atoms with van der Waals surface area (Å²) < 4.78 is 37.4. The van der Waals surface area contributed by atoms with Gasteiger partial charge in [0.15, 0.2) is 0 Å². The molecule has 146 valence electrons. The fourth-order valence-electron chi connectivity index (χ4n) is 2.28. The van der Waals surface area contributed by atoms with Gasteiger partial charge >= 0.3 is 0 Å². The average molecular weight is 392 g/mol. The zero-order valence-corrected chi connectivity index (χ0v) is 16.6. The highest BCUT2D eigenvalue weighted by Crippen LogP contribution is 2.23. The summed E-state index contributed by atoms with van der Waals surface area (Å²) in [5.41, 5.74) is 0.839. The predicted octanol–water partition coefficient (Wildman–Crippen LogP) is 3.03. The highest BCUT2D eigenvalue weighted by atomic mass is 32.2. The van der Waals surface area contributed by atoms with Crippen LogP contribution >= 0.6 is 0 Å². The second-order valence-electron chi connectivity index (χ2n) is 6.01. The molecule has 8 heteroatoms. The first kappa shape index (κ1) is 20.7. The maximum atomic E-state index is 12.5. The lowest BCUT2D eigenvalue weighted by molar-refractivity contribution is 0.102. The van der Waals surface area contributed by atoms with Crippen molar-refractivity contribution in [1.29, 1.82) is 0 Å². The third-order valence-corrected chi connectivity index (χ3v) is 5.61. The number of nitrogens with one attached hydrogen (secondary N) is 2. The van der Waals surface area contributed by atoms with E-state index in [1.807, 2.05) is 6.92 Å². The topological polar surface area (TPSA) is 93.7 Å². The zero-order valence-electron chi connectivity index (χ0n) is 15.8. The molecule has 0 bridgehead atoms. The highest BCUT2D eigenvalue weighted by Gasteiger charge is 2.17. The maximum Gasteiger partial charge on any atom is 0.255 e. The van der Waals surface area contributed by atoms with Gasteiger partial charge in [-0.05, 0) is 49.7 Å². The van der Waals surface area contributed by atoms with Crippen molar-refractivity contribution in [1.82, 2.24) is 4.72 Å². The van der Waals surface area contributed by atoms with Crippen molar-refractivity contribution in [3.8, 4) is 11.5 Å². The van der Waals surface area contributed by atoms with Gasteiger partial charge in [-0.2, -0.15) is 0 Å². The predicted molar refractivity (Wildman–Crippen MR) is 104 cm³/mol.